The van der Waals surface area contributed by atoms with Gasteiger partial charge in [-0.1, -0.05) is 17.7 Å². The highest BCUT2D eigenvalue weighted by Crippen LogP contribution is 2.41. The minimum absolute atomic E-state index is 0.117. The van der Waals surface area contributed by atoms with Crippen molar-refractivity contribution in [2.24, 2.45) is 0 Å². The molecule has 3 rings (SSSR count). The Labute approximate surface area is 149 Å². The highest BCUT2D eigenvalue weighted by atomic mass is 35.5. The second-order valence-corrected chi connectivity index (χ2v) is 5.75. The largest absolute Gasteiger partial charge is 0.493 e. The average Bonchev–Trinajstić information content (AvgIpc) is 2.60. The van der Waals surface area contributed by atoms with Gasteiger partial charge in [0, 0.05) is 33.3 Å². The zero-order valence-electron chi connectivity index (χ0n) is 13.6. The quantitative estimate of drug-likeness (QED) is 0.696. The molecular formula is C18H15ClN4O2. The van der Waals surface area contributed by atoms with Crippen molar-refractivity contribution in [3.05, 3.63) is 40.9 Å². The number of nitrogen functional groups attached to an aromatic ring is 2. The van der Waals surface area contributed by atoms with E-state index in [1.165, 1.54) is 14.2 Å². The van der Waals surface area contributed by atoms with Crippen molar-refractivity contribution in [1.82, 2.24) is 4.98 Å². The van der Waals surface area contributed by atoms with Crippen LogP contribution in [0.4, 0.5) is 11.5 Å². The monoisotopic (exact) mass is 354 g/mol. The molecule has 0 radical (unpaired) electrons. The summed E-state index contributed by atoms with van der Waals surface area (Å²) < 4.78 is 10.7. The summed E-state index contributed by atoms with van der Waals surface area (Å²) in [6.45, 7) is 0. The van der Waals surface area contributed by atoms with Gasteiger partial charge in [0.2, 0.25) is 0 Å². The van der Waals surface area contributed by atoms with Crippen molar-refractivity contribution in [3.8, 4) is 28.7 Å². The van der Waals surface area contributed by atoms with Crippen molar-refractivity contribution in [2.45, 2.75) is 0 Å². The lowest BCUT2D eigenvalue weighted by molar-refractivity contribution is 0.356. The van der Waals surface area contributed by atoms with E-state index in [1.54, 1.807) is 30.3 Å². The maximum Gasteiger partial charge on any atom is 0.162 e. The Kier molecular flexibility index (Phi) is 4.26. The Morgan fingerprint density at radius 2 is 1.76 bits per heavy atom. The molecule has 0 amide bonds. The van der Waals surface area contributed by atoms with Crippen molar-refractivity contribution < 1.29 is 9.47 Å². The van der Waals surface area contributed by atoms with E-state index in [4.69, 9.17) is 32.5 Å². The Bertz CT molecular complexity index is 1030. The molecular weight excluding hydrogens is 340 g/mol. The summed E-state index contributed by atoms with van der Waals surface area (Å²) in [5.74, 6) is 1.15. The number of aromatic nitrogens is 1. The first-order chi connectivity index (χ1) is 12.0. The van der Waals surface area contributed by atoms with Gasteiger partial charge in [-0.05, 0) is 18.2 Å². The van der Waals surface area contributed by atoms with E-state index in [0.29, 0.717) is 44.2 Å². The van der Waals surface area contributed by atoms with Crippen LogP contribution in [0.5, 0.6) is 11.5 Å². The van der Waals surface area contributed by atoms with Crippen LogP contribution in [0.2, 0.25) is 5.02 Å². The predicted molar refractivity (Wildman–Crippen MR) is 98.8 cm³/mol. The van der Waals surface area contributed by atoms with Gasteiger partial charge in [-0.15, -0.1) is 0 Å². The van der Waals surface area contributed by atoms with Crippen molar-refractivity contribution in [1.29, 1.82) is 5.26 Å². The zero-order valence-corrected chi connectivity index (χ0v) is 14.4. The number of halogens is 1. The molecule has 2 aromatic carbocycles. The van der Waals surface area contributed by atoms with Crippen LogP contribution in [0.15, 0.2) is 30.3 Å². The molecule has 1 heterocycles. The fraction of sp³-hybridized carbons (Fsp3) is 0.111. The molecule has 0 bridgehead atoms. The van der Waals surface area contributed by atoms with E-state index in [9.17, 15) is 5.26 Å². The molecule has 7 heteroatoms. The Morgan fingerprint density at radius 1 is 1.08 bits per heavy atom. The number of ether oxygens (including phenoxy) is 2. The van der Waals surface area contributed by atoms with Gasteiger partial charge in [0.1, 0.15) is 17.5 Å². The molecule has 126 valence electrons. The van der Waals surface area contributed by atoms with Crippen molar-refractivity contribution >= 4 is 34.0 Å². The Morgan fingerprint density at radius 3 is 2.36 bits per heavy atom. The summed E-state index contributed by atoms with van der Waals surface area (Å²) in [5.41, 5.74) is 14.6. The summed E-state index contributed by atoms with van der Waals surface area (Å²) in [4.78, 5) is 4.32. The fourth-order valence-electron chi connectivity index (χ4n) is 2.76. The van der Waals surface area contributed by atoms with Crippen LogP contribution in [0.25, 0.3) is 22.0 Å². The minimum atomic E-state index is 0.117. The maximum atomic E-state index is 9.60. The third kappa shape index (κ3) is 2.75. The van der Waals surface area contributed by atoms with Gasteiger partial charge < -0.3 is 20.9 Å². The molecule has 0 saturated carbocycles. The molecule has 0 fully saturated rings. The van der Waals surface area contributed by atoms with E-state index in [2.05, 4.69) is 11.1 Å². The highest BCUT2D eigenvalue weighted by Gasteiger charge is 2.19. The van der Waals surface area contributed by atoms with E-state index < -0.39 is 0 Å². The summed E-state index contributed by atoms with van der Waals surface area (Å²) >= 11 is 6.00. The number of pyridine rings is 1. The lowest BCUT2D eigenvalue weighted by Gasteiger charge is -2.15. The van der Waals surface area contributed by atoms with Crippen LogP contribution in [-0.2, 0) is 0 Å². The van der Waals surface area contributed by atoms with Crippen LogP contribution < -0.4 is 20.9 Å². The predicted octanol–water partition coefficient (Wildman–Crippen LogP) is 3.61. The molecule has 0 aliphatic heterocycles. The third-order valence-electron chi connectivity index (χ3n) is 3.91. The number of nitrogens with zero attached hydrogens (tertiary/aromatic N) is 2. The van der Waals surface area contributed by atoms with Crippen LogP contribution in [0.1, 0.15) is 5.56 Å². The van der Waals surface area contributed by atoms with Gasteiger partial charge in [-0.2, -0.15) is 5.26 Å². The Hall–Kier alpha value is -3.17. The number of benzene rings is 2. The zero-order chi connectivity index (χ0) is 18.1. The van der Waals surface area contributed by atoms with Gasteiger partial charge in [0.05, 0.1) is 19.7 Å². The molecule has 25 heavy (non-hydrogen) atoms. The van der Waals surface area contributed by atoms with Gasteiger partial charge in [-0.3, -0.25) is 0 Å². The van der Waals surface area contributed by atoms with Crippen LogP contribution >= 0.6 is 11.6 Å². The first-order valence-electron chi connectivity index (χ1n) is 7.30. The SMILES string of the molecule is COc1cc2nc(N)c(C#N)c(-c3ccc(Cl)cc3N)c2cc1OC. The number of hydrogen-bond acceptors (Lipinski definition) is 6. The van der Waals surface area contributed by atoms with Crippen LogP contribution in [-0.4, -0.2) is 19.2 Å². The smallest absolute Gasteiger partial charge is 0.162 e. The summed E-state index contributed by atoms with van der Waals surface area (Å²) in [6.07, 6.45) is 0. The number of nitriles is 1. The topological polar surface area (TPSA) is 107 Å². The number of nitrogens with two attached hydrogens (primary N) is 2. The van der Waals surface area contributed by atoms with Crippen molar-refractivity contribution in [3.63, 3.8) is 0 Å². The summed E-state index contributed by atoms with van der Waals surface area (Å²) in [5, 5.41) is 10.8. The Balaban J connectivity index is 2.48. The number of hydrogen-bond donors (Lipinski definition) is 2. The summed E-state index contributed by atoms with van der Waals surface area (Å²) in [7, 11) is 3.07. The van der Waals surface area contributed by atoms with Gasteiger partial charge in [0.15, 0.2) is 11.5 Å². The molecule has 0 aliphatic carbocycles. The molecule has 3 aromatic rings. The first kappa shape index (κ1) is 16.7. The van der Waals surface area contributed by atoms with Crippen molar-refractivity contribution in [2.75, 3.05) is 25.7 Å². The maximum absolute atomic E-state index is 9.60. The standard InChI is InChI=1S/C18H15ClN4O2/c1-24-15-6-11-14(7-16(15)25-2)23-18(22)12(8-20)17(11)10-4-3-9(19)5-13(10)21/h3-7H,21H2,1-2H3,(H2,22,23). The first-order valence-corrected chi connectivity index (χ1v) is 7.68. The highest BCUT2D eigenvalue weighted by molar-refractivity contribution is 6.31. The van der Waals surface area contributed by atoms with Gasteiger partial charge in [-0.25, -0.2) is 4.98 Å². The van der Waals surface area contributed by atoms with Gasteiger partial charge >= 0.3 is 0 Å². The molecule has 6 nitrogen and oxygen atoms in total. The lowest BCUT2D eigenvalue weighted by Crippen LogP contribution is -2.02. The third-order valence-corrected chi connectivity index (χ3v) is 4.15. The number of methoxy groups -OCH3 is 2. The normalized spacial score (nSPS) is 10.5. The van der Waals surface area contributed by atoms with Gasteiger partial charge in [0.25, 0.3) is 0 Å². The van der Waals surface area contributed by atoms with Crippen LogP contribution in [0.3, 0.4) is 0 Å². The fourth-order valence-corrected chi connectivity index (χ4v) is 2.94. The molecule has 4 N–H and O–H groups in total. The molecule has 1 aromatic heterocycles. The second-order valence-electron chi connectivity index (χ2n) is 5.31. The molecule has 0 saturated heterocycles. The number of anilines is 2. The minimum Gasteiger partial charge on any atom is -0.493 e. The molecule has 0 unspecified atom stereocenters. The number of rotatable bonds is 3. The second kappa shape index (κ2) is 6.38. The summed E-state index contributed by atoms with van der Waals surface area (Å²) in [6, 6.07) is 10.7. The molecule has 0 aliphatic rings. The number of fused-ring (bicyclic) bond motifs is 1. The van der Waals surface area contributed by atoms with E-state index >= 15 is 0 Å². The van der Waals surface area contributed by atoms with E-state index in [0.717, 1.165) is 0 Å². The van der Waals surface area contributed by atoms with E-state index in [1.807, 2.05) is 0 Å². The average molecular weight is 355 g/mol. The van der Waals surface area contributed by atoms with Crippen LogP contribution in [0, 0.1) is 11.3 Å². The van der Waals surface area contributed by atoms with E-state index in [-0.39, 0.29) is 11.4 Å². The molecule has 0 spiro atoms. The molecule has 0 atom stereocenters. The lowest BCUT2D eigenvalue weighted by atomic mass is 9.94.